The van der Waals surface area contributed by atoms with E-state index in [1.165, 1.54) is 4.90 Å². The van der Waals surface area contributed by atoms with Crippen LogP contribution >= 0.6 is 158 Å². The van der Waals surface area contributed by atoms with E-state index in [1.54, 1.807) is 12.1 Å². The Morgan fingerprint density at radius 3 is 1.17 bits per heavy atom. The number of phenols is 1. The second-order valence-corrected chi connectivity index (χ2v) is 25.5. The average Bonchev–Trinajstić information content (AvgIpc) is 3.31. The molecule has 0 aliphatic heterocycles. The van der Waals surface area contributed by atoms with Gasteiger partial charge in [0.25, 0.3) is 0 Å². The van der Waals surface area contributed by atoms with Crippen LogP contribution in [0.2, 0.25) is 0 Å². The summed E-state index contributed by atoms with van der Waals surface area (Å²) < 4.78 is 18.0. The highest BCUT2D eigenvalue weighted by atomic mass is 127. The number of benzene rings is 8. The van der Waals surface area contributed by atoms with Crippen molar-refractivity contribution in [3.8, 4) is 28.4 Å². The molecule has 0 saturated carbocycles. The van der Waals surface area contributed by atoms with Crippen LogP contribution in [0, 0.1) is 25.0 Å². The lowest BCUT2D eigenvalue weighted by molar-refractivity contribution is 0.0721. The lowest BCUT2D eigenvalue weighted by Gasteiger charge is -2.14. The molecule has 0 bridgehead atoms. The molecule has 8 aromatic carbocycles. The van der Waals surface area contributed by atoms with Gasteiger partial charge < -0.3 is 14.6 Å². The van der Waals surface area contributed by atoms with Gasteiger partial charge in [-0.1, -0.05) is 60.7 Å². The molecular formula is C50H29I7O5S2+2. The first kappa shape index (κ1) is 48.8. The van der Waals surface area contributed by atoms with Crippen LogP contribution in [-0.2, 0) is 21.8 Å². The Morgan fingerprint density at radius 1 is 0.375 bits per heavy atom. The van der Waals surface area contributed by atoms with E-state index in [1.807, 2.05) is 93.7 Å². The standard InChI is InChI=1S/C50H28I7O5S2/c51-39-25-26-40(52)48(58)41(39)49(59)61-31-17-21-35(22-18-31)63(33-11-3-1-4-12-33)37-15-7-9-29(27-37)30-10-8-16-38(28-30)64(34-13-5-2-6-14-34)36-23-19-32(20-24-36)62-50(60)42-43(53)45(55)47(57)46(56)44(42)54/h1-28H/q+1/p+1. The minimum absolute atomic E-state index is 0.0804. The zero-order valence-electron chi connectivity index (χ0n) is 32.7. The Balaban J connectivity index is 1.09. The molecule has 14 heteroatoms. The van der Waals surface area contributed by atoms with Crippen molar-refractivity contribution < 1.29 is 24.2 Å². The van der Waals surface area contributed by atoms with E-state index in [2.05, 4.69) is 222 Å². The topological polar surface area (TPSA) is 72.8 Å². The van der Waals surface area contributed by atoms with Gasteiger partial charge in [-0.25, -0.2) is 9.59 Å². The quantitative estimate of drug-likeness (QED) is 0.0349. The first-order valence-electron chi connectivity index (χ1n) is 19.0. The van der Waals surface area contributed by atoms with Crippen molar-refractivity contribution in [2.45, 2.75) is 29.4 Å². The van der Waals surface area contributed by atoms with Gasteiger partial charge in [0.05, 0.1) is 30.9 Å². The number of aromatic hydroxyl groups is 1. The fourth-order valence-electron chi connectivity index (χ4n) is 6.66. The molecule has 2 unspecified atom stereocenters. The number of phenolic OH excluding ortho intramolecular Hbond substituents is 1. The van der Waals surface area contributed by atoms with Gasteiger partial charge in [-0.05, 0) is 266 Å². The second kappa shape index (κ2) is 22.2. The van der Waals surface area contributed by atoms with Crippen molar-refractivity contribution in [1.29, 1.82) is 0 Å². The number of rotatable bonds is 11. The summed E-state index contributed by atoms with van der Waals surface area (Å²) in [6, 6.07) is 57.5. The molecule has 0 aromatic heterocycles. The van der Waals surface area contributed by atoms with Crippen molar-refractivity contribution in [3.63, 3.8) is 0 Å². The van der Waals surface area contributed by atoms with Crippen LogP contribution < -0.4 is 9.47 Å². The maximum atomic E-state index is 13.6. The highest BCUT2D eigenvalue weighted by Crippen LogP contribution is 2.39. The third-order valence-corrected chi connectivity index (χ3v) is 25.4. The van der Waals surface area contributed by atoms with E-state index >= 15 is 0 Å². The number of esters is 2. The van der Waals surface area contributed by atoms with E-state index in [0.717, 1.165) is 53.5 Å². The Kier molecular flexibility index (Phi) is 16.9. The van der Waals surface area contributed by atoms with Gasteiger partial charge in [0.1, 0.15) is 22.8 Å². The van der Waals surface area contributed by atoms with Gasteiger partial charge in [-0.2, -0.15) is 0 Å². The van der Waals surface area contributed by atoms with E-state index in [0.29, 0.717) is 24.2 Å². The fourth-order valence-corrected chi connectivity index (χ4v) is 17.2. The Labute approximate surface area is 472 Å². The fraction of sp³-hybridized carbons (Fsp3) is 0. The summed E-state index contributed by atoms with van der Waals surface area (Å²) in [5.74, 6) is -0.166. The van der Waals surface area contributed by atoms with Crippen molar-refractivity contribution in [1.82, 2.24) is 0 Å². The molecule has 0 saturated heterocycles. The van der Waals surface area contributed by atoms with Gasteiger partial charge in [-0.15, -0.1) is 0 Å². The summed E-state index contributed by atoms with van der Waals surface area (Å²) in [5.41, 5.74) is 2.93. The number of carbonyl (C=O) groups excluding carboxylic acids is 2. The largest absolute Gasteiger partial charge is 0.506 e. The predicted molar refractivity (Wildman–Crippen MR) is 315 cm³/mol. The number of ether oxygens (including phenoxy) is 2. The molecule has 0 fully saturated rings. The Hall–Kier alpha value is -1.69. The summed E-state index contributed by atoms with van der Waals surface area (Å²) in [5, 5.41) is 10.6. The van der Waals surface area contributed by atoms with Crippen LogP contribution in [0.3, 0.4) is 0 Å². The Bertz CT molecular complexity index is 3000. The predicted octanol–water partition coefficient (Wildman–Crippen LogP) is 15.9. The zero-order valence-corrected chi connectivity index (χ0v) is 49.4. The monoisotopic (exact) mass is 1660 g/mol. The number of halogens is 7. The van der Waals surface area contributed by atoms with Crippen LogP contribution in [-0.4, -0.2) is 17.0 Å². The molecule has 64 heavy (non-hydrogen) atoms. The molecular weight excluding hydrogens is 1630 g/mol. The van der Waals surface area contributed by atoms with Crippen molar-refractivity contribution >= 4 is 192 Å². The number of carbonyl (C=O) groups is 2. The van der Waals surface area contributed by atoms with Crippen LogP contribution in [0.25, 0.3) is 11.1 Å². The van der Waals surface area contributed by atoms with Crippen molar-refractivity contribution in [2.24, 2.45) is 0 Å². The lowest BCUT2D eigenvalue weighted by atomic mass is 10.1. The molecule has 2 atom stereocenters. The highest BCUT2D eigenvalue weighted by molar-refractivity contribution is 14.1. The molecule has 5 nitrogen and oxygen atoms in total. The van der Waals surface area contributed by atoms with Crippen LogP contribution in [0.1, 0.15) is 20.7 Å². The van der Waals surface area contributed by atoms with Crippen LogP contribution in [0.5, 0.6) is 17.2 Å². The highest BCUT2D eigenvalue weighted by Gasteiger charge is 2.32. The van der Waals surface area contributed by atoms with E-state index < -0.39 is 27.8 Å². The molecule has 8 rings (SSSR count). The molecule has 0 radical (unpaired) electrons. The lowest BCUT2D eigenvalue weighted by Crippen LogP contribution is -2.15. The first-order valence-corrected chi connectivity index (χ1v) is 29.0. The van der Waals surface area contributed by atoms with E-state index in [4.69, 9.17) is 9.47 Å². The molecule has 0 spiro atoms. The van der Waals surface area contributed by atoms with Gasteiger partial charge >= 0.3 is 11.9 Å². The summed E-state index contributed by atoms with van der Waals surface area (Å²) in [6.07, 6.45) is 0. The van der Waals surface area contributed by atoms with Gasteiger partial charge in [-0.3, -0.25) is 0 Å². The maximum absolute atomic E-state index is 13.6. The third-order valence-electron chi connectivity index (χ3n) is 9.67. The SMILES string of the molecule is O=C(Oc1ccc([S+](c2ccccc2)c2cccc(-c3cccc([S+](c4ccccc4)c4ccc(OC(=O)c5c(I)c(I)c(I)c(I)c5I)cc4)c3)c2)cc1)c1c(I)ccc(I)c1O. The molecule has 0 heterocycles. The molecule has 0 aliphatic carbocycles. The smallest absolute Gasteiger partial charge is 0.348 e. The number of hydrogen-bond acceptors (Lipinski definition) is 5. The summed E-state index contributed by atoms with van der Waals surface area (Å²) in [6.45, 7) is 0. The second-order valence-electron chi connectivity index (χ2n) is 13.7. The minimum atomic E-state index is -0.606. The van der Waals surface area contributed by atoms with Gasteiger partial charge in [0, 0.05) is 33.6 Å². The number of hydrogen-bond donors (Lipinski definition) is 1. The minimum Gasteiger partial charge on any atom is -0.506 e. The maximum Gasteiger partial charge on any atom is 0.348 e. The van der Waals surface area contributed by atoms with Gasteiger partial charge in [0.15, 0.2) is 29.4 Å². The molecule has 8 aromatic rings. The molecule has 1 N–H and O–H groups in total. The van der Waals surface area contributed by atoms with Crippen LogP contribution in [0.4, 0.5) is 0 Å². The Morgan fingerprint density at radius 2 is 0.734 bits per heavy atom. The molecule has 0 amide bonds. The zero-order chi connectivity index (χ0) is 45.1. The summed E-state index contributed by atoms with van der Waals surface area (Å²) in [7, 11) is -0.947. The van der Waals surface area contributed by atoms with Crippen LogP contribution in [0.15, 0.2) is 199 Å². The average molecular weight is 1660 g/mol. The molecule has 0 aliphatic rings. The molecule has 318 valence electrons. The third kappa shape index (κ3) is 10.9. The van der Waals surface area contributed by atoms with Crippen molar-refractivity contribution in [3.05, 3.63) is 206 Å². The summed E-state index contributed by atoms with van der Waals surface area (Å²) in [4.78, 5) is 33.6. The first-order chi connectivity index (χ1) is 30.9. The summed E-state index contributed by atoms with van der Waals surface area (Å²) >= 11 is 15.4. The van der Waals surface area contributed by atoms with E-state index in [9.17, 15) is 14.7 Å². The van der Waals surface area contributed by atoms with Crippen molar-refractivity contribution in [2.75, 3.05) is 0 Å². The normalized spacial score (nSPS) is 12.0. The van der Waals surface area contributed by atoms with E-state index in [-0.39, 0.29) is 17.3 Å². The van der Waals surface area contributed by atoms with Gasteiger partial charge in [0.2, 0.25) is 0 Å².